The molecule has 0 saturated carbocycles. The number of ether oxygens (including phenoxy) is 3. The van der Waals surface area contributed by atoms with E-state index in [0.717, 1.165) is 11.5 Å². The summed E-state index contributed by atoms with van der Waals surface area (Å²) in [5.74, 6) is 2.55. The predicted molar refractivity (Wildman–Crippen MR) is 142 cm³/mol. The van der Waals surface area contributed by atoms with Crippen LogP contribution in [-0.4, -0.2) is 46.4 Å². The van der Waals surface area contributed by atoms with Crippen molar-refractivity contribution in [2.24, 2.45) is 4.99 Å². The van der Waals surface area contributed by atoms with Gasteiger partial charge in [0.05, 0.1) is 21.3 Å². The van der Waals surface area contributed by atoms with Crippen LogP contribution in [0.4, 0.5) is 0 Å². The maximum absolute atomic E-state index is 5.43. The van der Waals surface area contributed by atoms with Crippen LogP contribution in [-0.2, 0) is 6.54 Å². The monoisotopic (exact) mass is 556 g/mol. The van der Waals surface area contributed by atoms with Gasteiger partial charge in [0, 0.05) is 31.7 Å². The summed E-state index contributed by atoms with van der Waals surface area (Å²) in [6.07, 6.45) is 0. The Bertz CT molecular complexity index is 835. The summed E-state index contributed by atoms with van der Waals surface area (Å²) in [5, 5.41) is 10.4. The van der Waals surface area contributed by atoms with Crippen LogP contribution in [0.3, 0.4) is 0 Å². The quantitative estimate of drug-likeness (QED) is 0.232. The number of nitrogens with one attached hydrogen (secondary N) is 3. The molecule has 0 bridgehead atoms. The van der Waals surface area contributed by atoms with Gasteiger partial charge in [-0.05, 0) is 44.0 Å². The van der Waals surface area contributed by atoms with Crippen molar-refractivity contribution in [1.82, 2.24) is 16.0 Å². The Morgan fingerprint density at radius 2 is 1.56 bits per heavy atom. The Morgan fingerprint density at radius 3 is 2.06 bits per heavy atom. The highest BCUT2D eigenvalue weighted by atomic mass is 127. The highest BCUT2D eigenvalue weighted by Gasteiger charge is 2.21. The fraction of sp³-hybridized carbons (Fsp3) is 0.458. The van der Waals surface area contributed by atoms with Gasteiger partial charge in [0.1, 0.15) is 0 Å². The van der Waals surface area contributed by atoms with Gasteiger partial charge < -0.3 is 30.2 Å². The van der Waals surface area contributed by atoms with E-state index in [-0.39, 0.29) is 35.6 Å². The lowest BCUT2D eigenvalue weighted by molar-refractivity contribution is 0.323. The molecule has 0 radical (unpaired) electrons. The van der Waals surface area contributed by atoms with E-state index in [4.69, 9.17) is 14.2 Å². The number of benzene rings is 2. The number of aliphatic imine (C=N–C) groups is 1. The molecule has 0 aromatic heterocycles. The van der Waals surface area contributed by atoms with Gasteiger partial charge in [-0.25, -0.2) is 0 Å². The van der Waals surface area contributed by atoms with Gasteiger partial charge in [-0.2, -0.15) is 0 Å². The number of guanidine groups is 1. The standard InChI is InChI=1S/C24H36N4O3.HI/c1-17(19-11-9-8-10-12-19)28-24(2,3)16-27-23(25-4)26-15-18-13-20(29-5)22(31-7)21(14-18)30-6;/h8-14,17,28H,15-16H2,1-7H3,(H2,25,26,27);1H. The lowest BCUT2D eigenvalue weighted by atomic mass is 10.0. The second-order valence-corrected chi connectivity index (χ2v) is 7.97. The Kier molecular flexibility index (Phi) is 11.6. The predicted octanol–water partition coefficient (Wildman–Crippen LogP) is 4.12. The van der Waals surface area contributed by atoms with E-state index in [1.54, 1.807) is 28.4 Å². The maximum Gasteiger partial charge on any atom is 0.203 e. The minimum atomic E-state index is -0.139. The van der Waals surface area contributed by atoms with Crippen molar-refractivity contribution in [2.45, 2.75) is 38.9 Å². The minimum Gasteiger partial charge on any atom is -0.493 e. The number of nitrogens with zero attached hydrogens (tertiary/aromatic N) is 1. The molecule has 178 valence electrons. The van der Waals surface area contributed by atoms with E-state index in [1.807, 2.05) is 18.2 Å². The average molecular weight is 556 g/mol. The SMILES string of the molecule is CN=C(NCc1cc(OC)c(OC)c(OC)c1)NCC(C)(C)NC(C)c1ccccc1.I. The number of halogens is 1. The molecule has 2 rings (SSSR count). The van der Waals surface area contributed by atoms with Gasteiger partial charge in [-0.3, -0.25) is 4.99 Å². The first kappa shape index (κ1) is 27.8. The van der Waals surface area contributed by atoms with Crippen molar-refractivity contribution in [3.63, 3.8) is 0 Å². The molecular weight excluding hydrogens is 519 g/mol. The second-order valence-electron chi connectivity index (χ2n) is 7.97. The summed E-state index contributed by atoms with van der Waals surface area (Å²) < 4.78 is 16.2. The summed E-state index contributed by atoms with van der Waals surface area (Å²) in [6, 6.07) is 14.5. The van der Waals surface area contributed by atoms with Gasteiger partial charge in [0.15, 0.2) is 17.5 Å². The zero-order valence-corrected chi connectivity index (χ0v) is 22.4. The molecule has 0 heterocycles. The Hall–Kier alpha value is -2.20. The smallest absolute Gasteiger partial charge is 0.203 e. The molecule has 0 aliphatic carbocycles. The Balaban J connectivity index is 0.00000512. The minimum absolute atomic E-state index is 0. The van der Waals surface area contributed by atoms with Crippen molar-refractivity contribution in [2.75, 3.05) is 34.9 Å². The summed E-state index contributed by atoms with van der Waals surface area (Å²) in [6.45, 7) is 7.79. The zero-order valence-electron chi connectivity index (χ0n) is 20.1. The Labute approximate surface area is 209 Å². The van der Waals surface area contributed by atoms with Crippen molar-refractivity contribution in [3.05, 3.63) is 53.6 Å². The van der Waals surface area contributed by atoms with E-state index in [9.17, 15) is 0 Å². The number of hydrogen-bond acceptors (Lipinski definition) is 5. The van der Waals surface area contributed by atoms with Crippen molar-refractivity contribution < 1.29 is 14.2 Å². The zero-order chi connectivity index (χ0) is 22.9. The van der Waals surface area contributed by atoms with Crippen LogP contribution in [0, 0.1) is 0 Å². The molecule has 1 atom stereocenters. The topological polar surface area (TPSA) is 76.1 Å². The van der Waals surface area contributed by atoms with Gasteiger partial charge >= 0.3 is 0 Å². The van der Waals surface area contributed by atoms with Crippen molar-refractivity contribution >= 4 is 29.9 Å². The third-order valence-corrected chi connectivity index (χ3v) is 5.01. The van der Waals surface area contributed by atoms with Crippen LogP contribution in [0.25, 0.3) is 0 Å². The van der Waals surface area contributed by atoms with E-state index in [1.165, 1.54) is 5.56 Å². The molecule has 0 aliphatic rings. The van der Waals surface area contributed by atoms with Crippen LogP contribution < -0.4 is 30.2 Å². The number of hydrogen-bond donors (Lipinski definition) is 3. The largest absolute Gasteiger partial charge is 0.493 e. The molecule has 2 aromatic rings. The first-order valence-electron chi connectivity index (χ1n) is 10.4. The van der Waals surface area contributed by atoms with E-state index in [2.05, 4.69) is 66.0 Å². The average Bonchev–Trinajstić information content (AvgIpc) is 2.78. The molecule has 0 saturated heterocycles. The molecule has 0 spiro atoms. The Morgan fingerprint density at radius 1 is 0.969 bits per heavy atom. The van der Waals surface area contributed by atoms with E-state index in [0.29, 0.717) is 30.3 Å². The van der Waals surface area contributed by atoms with Crippen molar-refractivity contribution in [3.8, 4) is 17.2 Å². The van der Waals surface area contributed by atoms with Crippen LogP contribution in [0.15, 0.2) is 47.5 Å². The molecule has 7 nitrogen and oxygen atoms in total. The maximum atomic E-state index is 5.43. The highest BCUT2D eigenvalue weighted by Crippen LogP contribution is 2.38. The molecule has 0 amide bonds. The van der Waals surface area contributed by atoms with Crippen LogP contribution >= 0.6 is 24.0 Å². The highest BCUT2D eigenvalue weighted by molar-refractivity contribution is 14.0. The summed E-state index contributed by atoms with van der Waals surface area (Å²) in [7, 11) is 6.58. The molecule has 0 fully saturated rings. The molecule has 1 unspecified atom stereocenters. The lowest BCUT2D eigenvalue weighted by Crippen LogP contribution is -2.52. The molecular formula is C24H37IN4O3. The second kappa shape index (κ2) is 13.4. The summed E-state index contributed by atoms with van der Waals surface area (Å²) >= 11 is 0. The molecule has 3 N–H and O–H groups in total. The normalized spacial score (nSPS) is 12.4. The van der Waals surface area contributed by atoms with E-state index < -0.39 is 0 Å². The molecule has 32 heavy (non-hydrogen) atoms. The number of methoxy groups -OCH3 is 3. The third kappa shape index (κ3) is 8.05. The summed E-state index contributed by atoms with van der Waals surface area (Å²) in [4.78, 5) is 4.34. The van der Waals surface area contributed by atoms with Crippen molar-refractivity contribution in [1.29, 1.82) is 0 Å². The van der Waals surface area contributed by atoms with Gasteiger partial charge in [0.25, 0.3) is 0 Å². The fourth-order valence-electron chi connectivity index (χ4n) is 3.41. The van der Waals surface area contributed by atoms with Crippen LogP contribution in [0.1, 0.15) is 37.9 Å². The molecule has 0 aliphatic heterocycles. The fourth-order valence-corrected chi connectivity index (χ4v) is 3.41. The first-order chi connectivity index (χ1) is 14.8. The van der Waals surface area contributed by atoms with Gasteiger partial charge in [-0.1, -0.05) is 30.3 Å². The number of rotatable bonds is 10. The molecule has 8 heteroatoms. The summed E-state index contributed by atoms with van der Waals surface area (Å²) in [5.41, 5.74) is 2.12. The van der Waals surface area contributed by atoms with Crippen LogP contribution in [0.2, 0.25) is 0 Å². The van der Waals surface area contributed by atoms with Gasteiger partial charge in [-0.15, -0.1) is 24.0 Å². The molecule has 2 aromatic carbocycles. The lowest BCUT2D eigenvalue weighted by Gasteiger charge is -2.31. The third-order valence-electron chi connectivity index (χ3n) is 5.01. The van der Waals surface area contributed by atoms with E-state index >= 15 is 0 Å². The first-order valence-corrected chi connectivity index (χ1v) is 10.4. The van der Waals surface area contributed by atoms with Crippen LogP contribution in [0.5, 0.6) is 17.2 Å². The van der Waals surface area contributed by atoms with Gasteiger partial charge in [0.2, 0.25) is 5.75 Å².